The molecule has 0 aliphatic rings. The SMILES string of the molecule is CCP(CC)(CC)(Cc1ccccc1)OB(F)OP(CC)(CC)(CC)Cc1ccccc1. The number of halogens is 1. The fourth-order valence-electron chi connectivity index (χ4n) is 5.11. The van der Waals surface area contributed by atoms with Gasteiger partial charge in [-0.05, 0) is 0 Å². The predicted octanol–water partition coefficient (Wildman–Crippen LogP) is 8.43. The average Bonchev–Trinajstić information content (AvgIpc) is 2.85. The second kappa shape index (κ2) is 11.1. The zero-order chi connectivity index (χ0) is 23.8. The Morgan fingerprint density at radius 1 is 0.562 bits per heavy atom. The molecule has 2 aromatic carbocycles. The molecule has 0 saturated heterocycles. The Balaban J connectivity index is 2.39. The van der Waals surface area contributed by atoms with Crippen LogP contribution in [0.5, 0.6) is 0 Å². The molecule has 0 N–H and O–H groups in total. The first kappa shape index (κ1) is 27.5. The zero-order valence-corrected chi connectivity index (χ0v) is 22.9. The Morgan fingerprint density at radius 3 is 1.09 bits per heavy atom. The molecule has 0 aromatic heterocycles. The molecule has 32 heavy (non-hydrogen) atoms. The van der Waals surface area contributed by atoms with Crippen LogP contribution in [-0.4, -0.2) is 44.4 Å². The Kier molecular flexibility index (Phi) is 9.52. The summed E-state index contributed by atoms with van der Waals surface area (Å²) in [5.41, 5.74) is 2.46. The van der Waals surface area contributed by atoms with Crippen LogP contribution in [0.15, 0.2) is 60.7 Å². The summed E-state index contributed by atoms with van der Waals surface area (Å²) in [6, 6.07) is 20.8. The Morgan fingerprint density at radius 2 is 0.844 bits per heavy atom. The van der Waals surface area contributed by atoms with Crippen molar-refractivity contribution in [2.45, 2.75) is 53.9 Å². The van der Waals surface area contributed by atoms with E-state index in [-0.39, 0.29) is 0 Å². The average molecular weight is 480 g/mol. The summed E-state index contributed by atoms with van der Waals surface area (Å²) >= 11 is 0. The molecule has 0 heterocycles. The van der Waals surface area contributed by atoms with E-state index in [2.05, 4.69) is 90.1 Å². The maximum absolute atomic E-state index is 16.0. The third-order valence-corrected chi connectivity index (χ3v) is 21.9. The molecule has 2 aromatic rings. The van der Waals surface area contributed by atoms with Crippen molar-refractivity contribution in [3.8, 4) is 0 Å². The van der Waals surface area contributed by atoms with E-state index in [1.165, 1.54) is 11.1 Å². The molecule has 0 radical (unpaired) electrons. The van der Waals surface area contributed by atoms with Gasteiger partial charge in [-0.3, -0.25) is 0 Å². The quantitative estimate of drug-likeness (QED) is 0.200. The Bertz CT molecular complexity index is 735. The summed E-state index contributed by atoms with van der Waals surface area (Å²) in [6.07, 6.45) is 6.75. The van der Waals surface area contributed by atoms with Crippen LogP contribution in [0.25, 0.3) is 0 Å². The fraction of sp³-hybridized carbons (Fsp3) is 0.538. The molecule has 180 valence electrons. The molecule has 0 saturated carbocycles. The standard InChI is InChI=1S/C26H44BFO2P2/c1-7-31(8-2,9-3,23-25-19-15-13-16-20-25)29-27(28)30-32(10-4,11-5,12-6)24-26-21-17-14-18-22-26/h13-22H,7-12,23-24H2,1-6H3. The van der Waals surface area contributed by atoms with Crippen molar-refractivity contribution in [3.63, 3.8) is 0 Å². The summed E-state index contributed by atoms with van der Waals surface area (Å²) in [6.45, 7) is 7.40. The number of rotatable bonds is 14. The second-order valence-electron chi connectivity index (χ2n) is 9.39. The van der Waals surface area contributed by atoms with E-state index >= 15 is 4.32 Å². The van der Waals surface area contributed by atoms with Crippen LogP contribution in [0.4, 0.5) is 4.32 Å². The van der Waals surface area contributed by atoms with Crippen molar-refractivity contribution in [1.82, 2.24) is 0 Å². The van der Waals surface area contributed by atoms with Gasteiger partial charge in [-0.15, -0.1) is 0 Å². The van der Waals surface area contributed by atoms with E-state index in [1.54, 1.807) is 0 Å². The van der Waals surface area contributed by atoms with Gasteiger partial charge >= 0.3 is 197 Å². The minimum atomic E-state index is -2.81. The molecular formula is C26H44BFO2P2. The van der Waals surface area contributed by atoms with Crippen LogP contribution < -0.4 is 0 Å². The molecule has 0 aliphatic heterocycles. The van der Waals surface area contributed by atoms with E-state index < -0.39 is 21.1 Å². The van der Waals surface area contributed by atoms with Crippen LogP contribution in [0.3, 0.4) is 0 Å². The van der Waals surface area contributed by atoms with Gasteiger partial charge in [-0.1, -0.05) is 0 Å². The maximum atomic E-state index is 16.0. The first-order chi connectivity index (χ1) is 15.2. The molecular weight excluding hydrogens is 436 g/mol. The molecule has 0 spiro atoms. The molecule has 2 nitrogen and oxygen atoms in total. The van der Waals surface area contributed by atoms with Gasteiger partial charge in [0.15, 0.2) is 0 Å². The van der Waals surface area contributed by atoms with Gasteiger partial charge in [0.25, 0.3) is 0 Å². The van der Waals surface area contributed by atoms with Crippen LogP contribution in [-0.2, 0) is 21.2 Å². The first-order valence-corrected chi connectivity index (χ1v) is 18.1. The van der Waals surface area contributed by atoms with E-state index in [4.69, 9.17) is 8.88 Å². The van der Waals surface area contributed by atoms with Crippen LogP contribution in [0.2, 0.25) is 0 Å². The van der Waals surface area contributed by atoms with Crippen molar-refractivity contribution in [2.75, 3.05) is 37.0 Å². The summed E-state index contributed by atoms with van der Waals surface area (Å²) in [5, 5.41) is 0. The summed E-state index contributed by atoms with van der Waals surface area (Å²) in [5.74, 6) is 0. The number of hydrogen-bond acceptors (Lipinski definition) is 2. The third kappa shape index (κ3) is 5.82. The molecule has 0 atom stereocenters. The van der Waals surface area contributed by atoms with Gasteiger partial charge in [0.05, 0.1) is 0 Å². The van der Waals surface area contributed by atoms with Gasteiger partial charge in [0, 0.05) is 0 Å². The van der Waals surface area contributed by atoms with Gasteiger partial charge in [0.1, 0.15) is 0 Å². The minimum absolute atomic E-state index is 0.804. The second-order valence-corrected chi connectivity index (χ2v) is 21.7. The first-order valence-electron chi connectivity index (χ1n) is 12.4. The van der Waals surface area contributed by atoms with E-state index in [0.29, 0.717) is 0 Å². The Labute approximate surface area is 196 Å². The molecule has 0 bridgehead atoms. The van der Waals surface area contributed by atoms with Crippen molar-refractivity contribution < 1.29 is 13.2 Å². The van der Waals surface area contributed by atoms with Gasteiger partial charge in [0.2, 0.25) is 0 Å². The third-order valence-electron chi connectivity index (χ3n) is 8.41. The topological polar surface area (TPSA) is 18.5 Å². The van der Waals surface area contributed by atoms with E-state index in [1.807, 2.05) is 12.1 Å². The van der Waals surface area contributed by atoms with Gasteiger partial charge < -0.3 is 0 Å². The monoisotopic (exact) mass is 480 g/mol. The summed E-state index contributed by atoms with van der Waals surface area (Å²) in [4.78, 5) is 0. The van der Waals surface area contributed by atoms with Crippen LogP contribution in [0, 0.1) is 0 Å². The van der Waals surface area contributed by atoms with Crippen molar-refractivity contribution in [2.24, 2.45) is 0 Å². The van der Waals surface area contributed by atoms with Crippen molar-refractivity contribution in [1.29, 1.82) is 0 Å². The van der Waals surface area contributed by atoms with Crippen LogP contribution >= 0.6 is 13.7 Å². The molecule has 0 aliphatic carbocycles. The number of hydrogen-bond donors (Lipinski definition) is 0. The fourth-order valence-corrected chi connectivity index (χ4v) is 13.5. The van der Waals surface area contributed by atoms with Crippen molar-refractivity contribution >= 4 is 21.1 Å². The number of benzene rings is 2. The van der Waals surface area contributed by atoms with Crippen molar-refractivity contribution in [3.05, 3.63) is 71.8 Å². The molecule has 0 fully saturated rings. The van der Waals surface area contributed by atoms with Gasteiger partial charge in [-0.2, -0.15) is 0 Å². The molecule has 2 rings (SSSR count). The van der Waals surface area contributed by atoms with Crippen LogP contribution in [0.1, 0.15) is 52.7 Å². The Hall–Kier alpha value is -0.785. The molecule has 6 heteroatoms. The van der Waals surface area contributed by atoms with Gasteiger partial charge in [-0.25, -0.2) is 0 Å². The predicted molar refractivity (Wildman–Crippen MR) is 146 cm³/mol. The normalized spacial score (nSPS) is 14.8. The molecule has 0 amide bonds. The zero-order valence-electron chi connectivity index (χ0n) is 21.1. The van der Waals surface area contributed by atoms with E-state index in [0.717, 1.165) is 49.3 Å². The van der Waals surface area contributed by atoms with E-state index in [9.17, 15) is 0 Å². The molecule has 0 unspecified atom stereocenters. The summed E-state index contributed by atoms with van der Waals surface area (Å²) < 4.78 is 29.2. The summed E-state index contributed by atoms with van der Waals surface area (Å²) in [7, 11) is -1.68.